The quantitative estimate of drug-likeness (QED) is 0.732. The van der Waals surface area contributed by atoms with E-state index >= 15 is 0 Å². The first-order valence-electron chi connectivity index (χ1n) is 10.8. The number of rotatable bonds is 4. The van der Waals surface area contributed by atoms with Crippen molar-refractivity contribution in [1.82, 2.24) is 15.1 Å². The first-order valence-corrected chi connectivity index (χ1v) is 10.8. The largest absolute Gasteiger partial charge is 0.496 e. The van der Waals surface area contributed by atoms with Gasteiger partial charge in [0.15, 0.2) is 5.82 Å². The van der Waals surface area contributed by atoms with Gasteiger partial charge in [0, 0.05) is 30.3 Å². The van der Waals surface area contributed by atoms with Crippen LogP contribution in [0.4, 0.5) is 10.6 Å². The average molecular weight is 411 g/mol. The van der Waals surface area contributed by atoms with Crippen LogP contribution in [-0.2, 0) is 12.8 Å². The van der Waals surface area contributed by atoms with E-state index in [2.05, 4.69) is 34.6 Å². The van der Waals surface area contributed by atoms with E-state index in [1.54, 1.807) is 7.11 Å². The standard InChI is InChI=1S/C23H30N4O3/c1-15-10-11-19(20(13-15)30-2)21-17-8-4-3-5-9-18(17)22(26-25-21)24-16-7-6-12-27(14-16)23(28)29/h10-11,13,16H,3-9,12,14H2,1-2H3,(H,24,26)(H,28,29). The van der Waals surface area contributed by atoms with Crippen LogP contribution in [0.2, 0.25) is 0 Å². The predicted molar refractivity (Wildman–Crippen MR) is 116 cm³/mol. The van der Waals surface area contributed by atoms with E-state index in [4.69, 9.17) is 4.74 Å². The number of aryl methyl sites for hydroxylation is 1. The zero-order valence-corrected chi connectivity index (χ0v) is 17.8. The number of benzene rings is 1. The van der Waals surface area contributed by atoms with Crippen LogP contribution < -0.4 is 10.1 Å². The van der Waals surface area contributed by atoms with Crippen molar-refractivity contribution in [3.63, 3.8) is 0 Å². The minimum Gasteiger partial charge on any atom is -0.496 e. The molecular formula is C23H30N4O3. The number of carboxylic acid groups (broad SMARTS) is 1. The molecule has 1 aromatic carbocycles. The van der Waals surface area contributed by atoms with Crippen LogP contribution in [0.25, 0.3) is 11.3 Å². The smallest absolute Gasteiger partial charge is 0.407 e. The van der Waals surface area contributed by atoms with E-state index in [1.165, 1.54) is 22.4 Å². The summed E-state index contributed by atoms with van der Waals surface area (Å²) in [5.41, 5.74) is 5.51. The molecule has 2 aromatic rings. The fraction of sp³-hybridized carbons (Fsp3) is 0.522. The lowest BCUT2D eigenvalue weighted by Crippen LogP contribution is -2.44. The number of ether oxygens (including phenoxy) is 1. The van der Waals surface area contributed by atoms with Crippen LogP contribution in [0.3, 0.4) is 0 Å². The Labute approximate surface area is 177 Å². The van der Waals surface area contributed by atoms with E-state index in [0.29, 0.717) is 13.1 Å². The molecular weight excluding hydrogens is 380 g/mol. The predicted octanol–water partition coefficient (Wildman–Crippen LogP) is 4.28. The number of fused-ring (bicyclic) bond motifs is 1. The molecule has 1 unspecified atom stereocenters. The van der Waals surface area contributed by atoms with Crippen molar-refractivity contribution in [2.75, 3.05) is 25.5 Å². The fourth-order valence-corrected chi connectivity index (χ4v) is 4.61. The molecule has 1 aliphatic heterocycles. The molecule has 7 nitrogen and oxygen atoms in total. The monoisotopic (exact) mass is 410 g/mol. The summed E-state index contributed by atoms with van der Waals surface area (Å²) >= 11 is 0. The van der Waals surface area contributed by atoms with Crippen LogP contribution in [-0.4, -0.2) is 52.5 Å². The third-order valence-corrected chi connectivity index (χ3v) is 6.18. The molecule has 0 spiro atoms. The van der Waals surface area contributed by atoms with Gasteiger partial charge in [0.1, 0.15) is 11.4 Å². The SMILES string of the molecule is COc1cc(C)ccc1-c1nnc(NC2CCCN(C(=O)O)C2)c2c1CCCCC2. The zero-order valence-electron chi connectivity index (χ0n) is 17.8. The Morgan fingerprint density at radius 2 is 1.97 bits per heavy atom. The zero-order chi connectivity index (χ0) is 21.1. The molecule has 7 heteroatoms. The first-order chi connectivity index (χ1) is 14.6. The molecule has 4 rings (SSSR count). The van der Waals surface area contributed by atoms with E-state index in [0.717, 1.165) is 66.9 Å². The molecule has 2 heterocycles. The number of anilines is 1. The Morgan fingerprint density at radius 3 is 2.73 bits per heavy atom. The van der Waals surface area contributed by atoms with E-state index < -0.39 is 6.09 Å². The van der Waals surface area contributed by atoms with E-state index in [9.17, 15) is 9.90 Å². The molecule has 30 heavy (non-hydrogen) atoms. The summed E-state index contributed by atoms with van der Waals surface area (Å²) < 4.78 is 5.64. The highest BCUT2D eigenvalue weighted by atomic mass is 16.5. The summed E-state index contributed by atoms with van der Waals surface area (Å²) in [5, 5.41) is 22.1. The molecule has 1 fully saturated rings. The van der Waals surface area contributed by atoms with Gasteiger partial charge in [0.25, 0.3) is 0 Å². The van der Waals surface area contributed by atoms with Crippen molar-refractivity contribution in [3.05, 3.63) is 34.9 Å². The maximum atomic E-state index is 11.4. The summed E-state index contributed by atoms with van der Waals surface area (Å²) in [6, 6.07) is 6.25. The van der Waals surface area contributed by atoms with Gasteiger partial charge < -0.3 is 20.1 Å². The summed E-state index contributed by atoms with van der Waals surface area (Å²) in [6.07, 6.45) is 6.33. The van der Waals surface area contributed by atoms with E-state index in [-0.39, 0.29) is 6.04 Å². The molecule has 0 saturated carbocycles. The van der Waals surface area contributed by atoms with Crippen LogP contribution >= 0.6 is 0 Å². The summed E-state index contributed by atoms with van der Waals surface area (Å²) in [6.45, 7) is 3.14. The van der Waals surface area contributed by atoms with E-state index in [1.807, 2.05) is 6.07 Å². The number of hydrogen-bond acceptors (Lipinski definition) is 5. The number of hydrogen-bond donors (Lipinski definition) is 2. The molecule has 0 bridgehead atoms. The highest BCUT2D eigenvalue weighted by Crippen LogP contribution is 2.37. The van der Waals surface area contributed by atoms with Gasteiger partial charge in [0.05, 0.1) is 7.11 Å². The molecule has 0 radical (unpaired) electrons. The topological polar surface area (TPSA) is 87.6 Å². The van der Waals surface area contributed by atoms with Gasteiger partial charge >= 0.3 is 6.09 Å². The number of piperidine rings is 1. The second-order valence-corrected chi connectivity index (χ2v) is 8.33. The third kappa shape index (κ3) is 4.20. The molecule has 160 valence electrons. The number of likely N-dealkylation sites (tertiary alicyclic amines) is 1. The Bertz CT molecular complexity index is 931. The van der Waals surface area contributed by atoms with Crippen LogP contribution in [0.1, 0.15) is 48.8 Å². The van der Waals surface area contributed by atoms with Gasteiger partial charge in [-0.1, -0.05) is 12.5 Å². The number of nitrogens with zero attached hydrogens (tertiary/aromatic N) is 3. The third-order valence-electron chi connectivity index (χ3n) is 6.18. The van der Waals surface area contributed by atoms with Crippen molar-refractivity contribution in [2.24, 2.45) is 0 Å². The molecule has 1 aromatic heterocycles. The number of amides is 1. The van der Waals surface area contributed by atoms with Crippen LogP contribution in [0, 0.1) is 6.92 Å². The van der Waals surface area contributed by atoms with Gasteiger partial charge in [-0.15, -0.1) is 10.2 Å². The second kappa shape index (κ2) is 8.90. The number of methoxy groups -OCH3 is 1. The maximum Gasteiger partial charge on any atom is 0.407 e. The second-order valence-electron chi connectivity index (χ2n) is 8.33. The van der Waals surface area contributed by atoms with Crippen molar-refractivity contribution < 1.29 is 14.6 Å². The number of carbonyl (C=O) groups is 1. The fourth-order valence-electron chi connectivity index (χ4n) is 4.61. The van der Waals surface area contributed by atoms with Crippen molar-refractivity contribution >= 4 is 11.9 Å². The van der Waals surface area contributed by atoms with Crippen LogP contribution in [0.5, 0.6) is 5.75 Å². The Hall–Kier alpha value is -2.83. The molecule has 1 aliphatic carbocycles. The van der Waals surface area contributed by atoms with Gasteiger partial charge in [-0.2, -0.15) is 0 Å². The number of nitrogens with one attached hydrogen (secondary N) is 1. The first kappa shape index (κ1) is 20.4. The molecule has 1 atom stereocenters. The Morgan fingerprint density at radius 1 is 1.17 bits per heavy atom. The van der Waals surface area contributed by atoms with Crippen molar-refractivity contribution in [2.45, 2.75) is 57.9 Å². The van der Waals surface area contributed by atoms with Crippen molar-refractivity contribution in [3.8, 4) is 17.0 Å². The lowest BCUT2D eigenvalue weighted by Gasteiger charge is -2.32. The summed E-state index contributed by atoms with van der Waals surface area (Å²) in [5.74, 6) is 1.64. The van der Waals surface area contributed by atoms with Gasteiger partial charge in [-0.25, -0.2) is 4.79 Å². The van der Waals surface area contributed by atoms with Gasteiger partial charge in [0.2, 0.25) is 0 Å². The summed E-state index contributed by atoms with van der Waals surface area (Å²) in [7, 11) is 1.69. The number of aromatic nitrogens is 2. The lowest BCUT2D eigenvalue weighted by atomic mass is 9.96. The molecule has 2 aliphatic rings. The summed E-state index contributed by atoms with van der Waals surface area (Å²) in [4.78, 5) is 12.9. The lowest BCUT2D eigenvalue weighted by molar-refractivity contribution is 0.132. The average Bonchev–Trinajstić information content (AvgIpc) is 3.01. The van der Waals surface area contributed by atoms with Gasteiger partial charge in [-0.05, 0) is 68.7 Å². The molecule has 1 amide bonds. The minimum absolute atomic E-state index is 0.0660. The molecule has 2 N–H and O–H groups in total. The molecule has 1 saturated heterocycles. The van der Waals surface area contributed by atoms with Gasteiger partial charge in [-0.3, -0.25) is 0 Å². The Balaban J connectivity index is 1.70. The highest BCUT2D eigenvalue weighted by molar-refractivity contribution is 5.73. The highest BCUT2D eigenvalue weighted by Gasteiger charge is 2.26. The Kier molecular flexibility index (Phi) is 6.06. The minimum atomic E-state index is -0.853. The van der Waals surface area contributed by atoms with Crippen LogP contribution in [0.15, 0.2) is 18.2 Å². The maximum absolute atomic E-state index is 11.4. The normalized spacial score (nSPS) is 19.0. The van der Waals surface area contributed by atoms with Crippen molar-refractivity contribution in [1.29, 1.82) is 0 Å².